The van der Waals surface area contributed by atoms with Crippen molar-refractivity contribution in [2.45, 2.75) is 63.5 Å². The first-order valence-electron chi connectivity index (χ1n) is 7.57. The predicted octanol–water partition coefficient (Wildman–Crippen LogP) is 2.66. The number of hydrogen-bond donors (Lipinski definition) is 1. The number of nitrogens with zero attached hydrogens (tertiary/aromatic N) is 1. The Labute approximate surface area is 113 Å². The molecule has 3 heteroatoms. The Morgan fingerprint density at radius 1 is 1.17 bits per heavy atom. The summed E-state index contributed by atoms with van der Waals surface area (Å²) in [6.45, 7) is 4.13. The summed E-state index contributed by atoms with van der Waals surface area (Å²) in [5.41, 5.74) is 0.279. The van der Waals surface area contributed by atoms with Crippen LogP contribution in [0.4, 0.5) is 0 Å². The SMILES string of the molecule is CCCNC(COC)C1(N(C)C)CCCCCC1. The topological polar surface area (TPSA) is 24.5 Å². The molecule has 0 aromatic heterocycles. The van der Waals surface area contributed by atoms with Crippen LogP contribution in [0.2, 0.25) is 0 Å². The molecular weight excluding hydrogens is 224 g/mol. The van der Waals surface area contributed by atoms with E-state index in [-0.39, 0.29) is 5.54 Å². The van der Waals surface area contributed by atoms with Gasteiger partial charge in [-0.05, 0) is 39.9 Å². The number of likely N-dealkylation sites (N-methyl/N-ethyl adjacent to an activating group) is 1. The Balaban J connectivity index is 2.81. The normalized spacial score (nSPS) is 21.8. The van der Waals surface area contributed by atoms with Crippen LogP contribution in [0.15, 0.2) is 0 Å². The summed E-state index contributed by atoms with van der Waals surface area (Å²) in [6, 6.07) is 0.454. The average Bonchev–Trinajstić information content (AvgIpc) is 2.61. The first-order valence-corrected chi connectivity index (χ1v) is 7.57. The van der Waals surface area contributed by atoms with Crippen LogP contribution in [0, 0.1) is 0 Å². The number of methoxy groups -OCH3 is 1. The summed E-state index contributed by atoms with van der Waals surface area (Å²) in [6.07, 6.45) is 9.27. The van der Waals surface area contributed by atoms with Gasteiger partial charge in [0.05, 0.1) is 6.61 Å². The molecule has 1 aliphatic rings. The van der Waals surface area contributed by atoms with Crippen molar-refractivity contribution in [3.8, 4) is 0 Å². The first-order chi connectivity index (χ1) is 8.67. The minimum atomic E-state index is 0.279. The van der Waals surface area contributed by atoms with Crippen LogP contribution in [0.1, 0.15) is 51.9 Å². The largest absolute Gasteiger partial charge is 0.383 e. The van der Waals surface area contributed by atoms with E-state index < -0.39 is 0 Å². The molecule has 0 amide bonds. The molecule has 0 aromatic rings. The Kier molecular flexibility index (Phi) is 7.20. The minimum Gasteiger partial charge on any atom is -0.383 e. The van der Waals surface area contributed by atoms with E-state index >= 15 is 0 Å². The monoisotopic (exact) mass is 256 g/mol. The molecule has 0 aliphatic heterocycles. The molecular formula is C15H32N2O. The lowest BCUT2D eigenvalue weighted by Crippen LogP contribution is -2.60. The lowest BCUT2D eigenvalue weighted by atomic mass is 9.81. The molecule has 18 heavy (non-hydrogen) atoms. The molecule has 1 saturated carbocycles. The zero-order valence-electron chi connectivity index (χ0n) is 12.8. The molecule has 3 nitrogen and oxygen atoms in total. The van der Waals surface area contributed by atoms with Gasteiger partial charge in [-0.2, -0.15) is 0 Å². The van der Waals surface area contributed by atoms with Crippen molar-refractivity contribution in [1.82, 2.24) is 10.2 Å². The Hall–Kier alpha value is -0.120. The second-order valence-corrected chi connectivity index (χ2v) is 5.87. The molecule has 0 bridgehead atoms. The fourth-order valence-electron chi connectivity index (χ4n) is 3.34. The maximum Gasteiger partial charge on any atom is 0.0633 e. The number of nitrogens with one attached hydrogen (secondary N) is 1. The number of hydrogen-bond acceptors (Lipinski definition) is 3. The van der Waals surface area contributed by atoms with Crippen LogP contribution in [0.3, 0.4) is 0 Å². The van der Waals surface area contributed by atoms with Crippen LogP contribution in [-0.4, -0.2) is 50.8 Å². The molecule has 1 fully saturated rings. The summed E-state index contributed by atoms with van der Waals surface area (Å²) in [5.74, 6) is 0. The first kappa shape index (κ1) is 15.9. The predicted molar refractivity (Wildman–Crippen MR) is 78.1 cm³/mol. The smallest absolute Gasteiger partial charge is 0.0633 e. The summed E-state index contributed by atoms with van der Waals surface area (Å²) < 4.78 is 5.48. The highest BCUT2D eigenvalue weighted by atomic mass is 16.5. The van der Waals surface area contributed by atoms with E-state index in [1.165, 1.54) is 44.9 Å². The van der Waals surface area contributed by atoms with Crippen LogP contribution >= 0.6 is 0 Å². The minimum absolute atomic E-state index is 0.279. The van der Waals surface area contributed by atoms with E-state index in [2.05, 4.69) is 31.2 Å². The van der Waals surface area contributed by atoms with Crippen molar-refractivity contribution in [1.29, 1.82) is 0 Å². The van der Waals surface area contributed by atoms with Gasteiger partial charge in [-0.1, -0.05) is 32.6 Å². The fraction of sp³-hybridized carbons (Fsp3) is 1.00. The van der Waals surface area contributed by atoms with E-state index in [0.29, 0.717) is 6.04 Å². The zero-order chi connectivity index (χ0) is 13.4. The van der Waals surface area contributed by atoms with Crippen molar-refractivity contribution in [3.63, 3.8) is 0 Å². The highest BCUT2D eigenvalue weighted by Gasteiger charge is 2.40. The van der Waals surface area contributed by atoms with Crippen LogP contribution in [0.5, 0.6) is 0 Å². The van der Waals surface area contributed by atoms with E-state index in [9.17, 15) is 0 Å². The van der Waals surface area contributed by atoms with Gasteiger partial charge in [-0.15, -0.1) is 0 Å². The Bertz CT molecular complexity index is 211. The summed E-state index contributed by atoms with van der Waals surface area (Å²) >= 11 is 0. The van der Waals surface area contributed by atoms with Crippen LogP contribution in [0.25, 0.3) is 0 Å². The molecule has 0 saturated heterocycles. The molecule has 108 valence electrons. The molecule has 1 aliphatic carbocycles. The molecule has 1 N–H and O–H groups in total. The highest BCUT2D eigenvalue weighted by Crippen LogP contribution is 2.34. The van der Waals surface area contributed by atoms with Crippen molar-refractivity contribution >= 4 is 0 Å². The summed E-state index contributed by atoms with van der Waals surface area (Å²) in [5, 5.41) is 3.72. The van der Waals surface area contributed by atoms with E-state index in [1.807, 2.05) is 7.11 Å². The second kappa shape index (κ2) is 8.13. The second-order valence-electron chi connectivity index (χ2n) is 5.87. The molecule has 0 spiro atoms. The lowest BCUT2D eigenvalue weighted by Gasteiger charge is -2.46. The zero-order valence-corrected chi connectivity index (χ0v) is 12.8. The standard InChI is InChI=1S/C15H32N2O/c1-5-12-16-14(13-18-4)15(17(2)3)10-8-6-7-9-11-15/h14,16H,5-13H2,1-4H3. The summed E-state index contributed by atoms with van der Waals surface area (Å²) in [4.78, 5) is 2.45. The van der Waals surface area contributed by atoms with Gasteiger partial charge in [0.1, 0.15) is 0 Å². The maximum absolute atomic E-state index is 5.48. The maximum atomic E-state index is 5.48. The van der Waals surface area contributed by atoms with Crippen molar-refractivity contribution in [2.24, 2.45) is 0 Å². The van der Waals surface area contributed by atoms with Gasteiger partial charge in [0.15, 0.2) is 0 Å². The van der Waals surface area contributed by atoms with Gasteiger partial charge in [0, 0.05) is 18.7 Å². The van der Waals surface area contributed by atoms with Crippen molar-refractivity contribution < 1.29 is 4.74 Å². The van der Waals surface area contributed by atoms with Gasteiger partial charge in [-0.3, -0.25) is 0 Å². The van der Waals surface area contributed by atoms with Gasteiger partial charge < -0.3 is 15.0 Å². The van der Waals surface area contributed by atoms with Crippen molar-refractivity contribution in [3.05, 3.63) is 0 Å². The number of rotatable bonds is 7. The van der Waals surface area contributed by atoms with Gasteiger partial charge in [0.2, 0.25) is 0 Å². The van der Waals surface area contributed by atoms with Gasteiger partial charge >= 0.3 is 0 Å². The Morgan fingerprint density at radius 2 is 1.78 bits per heavy atom. The molecule has 0 radical (unpaired) electrons. The Morgan fingerprint density at radius 3 is 2.22 bits per heavy atom. The van der Waals surface area contributed by atoms with E-state index in [4.69, 9.17) is 4.74 Å². The summed E-state index contributed by atoms with van der Waals surface area (Å²) in [7, 11) is 6.30. The molecule has 1 unspecified atom stereocenters. The third-order valence-electron chi connectivity index (χ3n) is 4.48. The van der Waals surface area contributed by atoms with Gasteiger partial charge in [-0.25, -0.2) is 0 Å². The molecule has 1 atom stereocenters. The molecule has 1 rings (SSSR count). The molecule has 0 heterocycles. The van der Waals surface area contributed by atoms with E-state index in [1.54, 1.807) is 0 Å². The third-order valence-corrected chi connectivity index (χ3v) is 4.48. The number of ether oxygens (including phenoxy) is 1. The lowest BCUT2D eigenvalue weighted by molar-refractivity contribution is 0.0359. The molecule has 0 aromatic carbocycles. The highest BCUT2D eigenvalue weighted by molar-refractivity contribution is 4.99. The van der Waals surface area contributed by atoms with E-state index in [0.717, 1.165) is 13.2 Å². The van der Waals surface area contributed by atoms with Crippen LogP contribution < -0.4 is 5.32 Å². The quantitative estimate of drug-likeness (QED) is 0.709. The average molecular weight is 256 g/mol. The van der Waals surface area contributed by atoms with Gasteiger partial charge in [0.25, 0.3) is 0 Å². The third kappa shape index (κ3) is 3.94. The fourth-order valence-corrected chi connectivity index (χ4v) is 3.34. The van der Waals surface area contributed by atoms with Crippen LogP contribution in [-0.2, 0) is 4.74 Å². The van der Waals surface area contributed by atoms with Crippen molar-refractivity contribution in [2.75, 3.05) is 34.4 Å².